The van der Waals surface area contributed by atoms with Gasteiger partial charge in [0.25, 0.3) is 0 Å². The van der Waals surface area contributed by atoms with Crippen LogP contribution >= 0.6 is 0 Å². The first-order chi connectivity index (χ1) is 13.0. The molecule has 5 nitrogen and oxygen atoms in total. The van der Waals surface area contributed by atoms with Crippen molar-refractivity contribution in [3.8, 4) is 5.69 Å². The van der Waals surface area contributed by atoms with Crippen LogP contribution in [0, 0.1) is 6.92 Å². The zero-order valence-corrected chi connectivity index (χ0v) is 16.2. The van der Waals surface area contributed by atoms with Gasteiger partial charge in [0.1, 0.15) is 0 Å². The van der Waals surface area contributed by atoms with E-state index in [-0.39, 0.29) is 11.8 Å². The number of aryl methyl sites for hydroxylation is 1. The van der Waals surface area contributed by atoms with Gasteiger partial charge in [0.05, 0.1) is 11.4 Å². The largest absolute Gasteiger partial charge is 0.337 e. The summed E-state index contributed by atoms with van der Waals surface area (Å²) in [6.45, 7) is 9.37. The van der Waals surface area contributed by atoms with E-state index in [2.05, 4.69) is 11.9 Å². The third-order valence-corrected chi connectivity index (χ3v) is 5.43. The second kappa shape index (κ2) is 6.65. The highest BCUT2D eigenvalue weighted by Gasteiger charge is 2.36. The molecule has 5 heteroatoms. The van der Waals surface area contributed by atoms with E-state index in [0.717, 1.165) is 33.6 Å². The summed E-state index contributed by atoms with van der Waals surface area (Å²) in [4.78, 5) is 19.0. The van der Waals surface area contributed by atoms with Crippen molar-refractivity contribution in [1.29, 1.82) is 0 Å². The van der Waals surface area contributed by atoms with E-state index < -0.39 is 0 Å². The number of amides is 1. The first kappa shape index (κ1) is 17.5. The lowest BCUT2D eigenvalue weighted by atomic mass is 9.92. The molecule has 0 unspecified atom stereocenters. The summed E-state index contributed by atoms with van der Waals surface area (Å²) in [6, 6.07) is 12.1. The molecular formula is C22H24N4O. The summed E-state index contributed by atoms with van der Waals surface area (Å²) in [5, 5.41) is 6.03. The smallest absolute Gasteiger partial charge is 0.249 e. The lowest BCUT2D eigenvalue weighted by Gasteiger charge is -2.39. The Morgan fingerprint density at radius 2 is 1.78 bits per heavy atom. The number of nitrogens with zero attached hydrogens (tertiary/aromatic N) is 4. The lowest BCUT2D eigenvalue weighted by Crippen LogP contribution is -2.49. The summed E-state index contributed by atoms with van der Waals surface area (Å²) in [6.07, 6.45) is 1.83. The Morgan fingerprint density at radius 1 is 1.07 bits per heavy atom. The molecule has 0 radical (unpaired) electrons. The molecule has 0 atom stereocenters. The van der Waals surface area contributed by atoms with E-state index in [1.165, 1.54) is 5.56 Å². The molecule has 27 heavy (non-hydrogen) atoms. The molecule has 1 aliphatic rings. The number of aromatic nitrogens is 3. The Balaban J connectivity index is 1.70. The number of pyridine rings is 1. The van der Waals surface area contributed by atoms with Crippen molar-refractivity contribution >= 4 is 16.9 Å². The molecule has 1 saturated heterocycles. The zero-order chi connectivity index (χ0) is 19.1. The van der Waals surface area contributed by atoms with Crippen LogP contribution in [0.5, 0.6) is 0 Å². The normalized spacial score (nSPS) is 14.3. The van der Waals surface area contributed by atoms with Crippen molar-refractivity contribution in [1.82, 2.24) is 19.7 Å². The molecule has 3 heterocycles. The maximum atomic E-state index is 12.5. The van der Waals surface area contributed by atoms with Gasteiger partial charge in [-0.15, -0.1) is 0 Å². The third kappa shape index (κ3) is 2.93. The molecule has 0 bridgehead atoms. The Kier molecular flexibility index (Phi) is 4.30. The van der Waals surface area contributed by atoms with Gasteiger partial charge >= 0.3 is 0 Å². The van der Waals surface area contributed by atoms with Crippen LogP contribution < -0.4 is 0 Å². The summed E-state index contributed by atoms with van der Waals surface area (Å²) in [7, 11) is 0. The molecule has 1 aliphatic heterocycles. The van der Waals surface area contributed by atoms with Gasteiger partial charge in [0.2, 0.25) is 5.91 Å². The van der Waals surface area contributed by atoms with Crippen LogP contribution in [-0.2, 0) is 4.79 Å². The van der Waals surface area contributed by atoms with Crippen molar-refractivity contribution in [2.24, 2.45) is 0 Å². The Morgan fingerprint density at radius 3 is 2.44 bits per heavy atom. The molecule has 4 rings (SSSR count). The molecule has 1 amide bonds. The minimum absolute atomic E-state index is 0.132. The number of allylic oxidation sites excluding steroid dienone is 1. The third-order valence-electron chi connectivity index (χ3n) is 5.43. The standard InChI is InChI=1S/C22H24N4O/c1-14(2)16(4)22(27)25-12-17(13-25)20-19-15(3)10-11-23-21(19)26(24-20)18-8-6-5-7-9-18/h5-11,17H,12-13H2,1-4H3. The van der Waals surface area contributed by atoms with Gasteiger partial charge in [-0.2, -0.15) is 5.10 Å². The van der Waals surface area contributed by atoms with E-state index in [9.17, 15) is 4.79 Å². The van der Waals surface area contributed by atoms with Crippen LogP contribution in [0.3, 0.4) is 0 Å². The predicted molar refractivity (Wildman–Crippen MR) is 107 cm³/mol. The van der Waals surface area contributed by atoms with E-state index >= 15 is 0 Å². The van der Waals surface area contributed by atoms with E-state index in [1.54, 1.807) is 0 Å². The highest BCUT2D eigenvalue weighted by atomic mass is 16.2. The average Bonchev–Trinajstić information content (AvgIpc) is 3.01. The maximum absolute atomic E-state index is 12.5. The van der Waals surface area contributed by atoms with Crippen LogP contribution in [0.15, 0.2) is 53.7 Å². The molecule has 138 valence electrons. The van der Waals surface area contributed by atoms with Crippen LogP contribution in [0.2, 0.25) is 0 Å². The molecule has 0 spiro atoms. The quantitative estimate of drug-likeness (QED) is 0.663. The van der Waals surface area contributed by atoms with Crippen LogP contribution in [0.1, 0.15) is 37.9 Å². The van der Waals surface area contributed by atoms with Crippen LogP contribution in [0.4, 0.5) is 0 Å². The Labute approximate surface area is 159 Å². The van der Waals surface area contributed by atoms with Crippen molar-refractivity contribution in [3.05, 3.63) is 65.0 Å². The molecule has 1 fully saturated rings. The van der Waals surface area contributed by atoms with Gasteiger partial charge in [-0.1, -0.05) is 23.8 Å². The Hall–Kier alpha value is -2.95. The van der Waals surface area contributed by atoms with Crippen molar-refractivity contribution in [2.75, 3.05) is 13.1 Å². The van der Waals surface area contributed by atoms with Crippen molar-refractivity contribution < 1.29 is 4.79 Å². The fraction of sp³-hybridized carbons (Fsp3) is 0.318. The van der Waals surface area contributed by atoms with E-state index in [4.69, 9.17) is 5.10 Å². The minimum Gasteiger partial charge on any atom is -0.337 e. The van der Waals surface area contributed by atoms with E-state index in [0.29, 0.717) is 13.1 Å². The van der Waals surface area contributed by atoms with Crippen molar-refractivity contribution in [2.45, 2.75) is 33.6 Å². The van der Waals surface area contributed by atoms with Gasteiger partial charge in [-0.3, -0.25) is 4.79 Å². The molecule has 3 aromatic rings. The van der Waals surface area contributed by atoms with E-state index in [1.807, 2.05) is 72.9 Å². The second-order valence-electron chi connectivity index (χ2n) is 7.49. The molecule has 2 aromatic heterocycles. The lowest BCUT2D eigenvalue weighted by molar-refractivity contribution is -0.131. The second-order valence-corrected chi connectivity index (χ2v) is 7.49. The van der Waals surface area contributed by atoms with Gasteiger partial charge in [-0.05, 0) is 51.5 Å². The fourth-order valence-corrected chi connectivity index (χ4v) is 3.53. The van der Waals surface area contributed by atoms with Gasteiger partial charge in [0.15, 0.2) is 5.65 Å². The molecule has 1 aromatic carbocycles. The highest BCUT2D eigenvalue weighted by Crippen LogP contribution is 2.34. The number of fused-ring (bicyclic) bond motifs is 1. The number of benzene rings is 1. The zero-order valence-electron chi connectivity index (χ0n) is 16.2. The van der Waals surface area contributed by atoms with Crippen LogP contribution in [-0.4, -0.2) is 38.7 Å². The SMILES string of the molecule is CC(C)=C(C)C(=O)N1CC(c2nn(-c3ccccc3)c3nccc(C)c23)C1. The minimum atomic E-state index is 0.132. The summed E-state index contributed by atoms with van der Waals surface area (Å²) >= 11 is 0. The monoisotopic (exact) mass is 360 g/mol. The summed E-state index contributed by atoms with van der Waals surface area (Å²) in [5.41, 5.74) is 6.00. The average molecular weight is 360 g/mol. The molecule has 0 aliphatic carbocycles. The number of carbonyl (C=O) groups is 1. The topological polar surface area (TPSA) is 51.0 Å². The number of rotatable bonds is 3. The van der Waals surface area contributed by atoms with Gasteiger partial charge < -0.3 is 4.90 Å². The van der Waals surface area contributed by atoms with Gasteiger partial charge in [-0.25, -0.2) is 9.67 Å². The van der Waals surface area contributed by atoms with Crippen LogP contribution in [0.25, 0.3) is 16.7 Å². The Bertz CT molecular complexity index is 1040. The van der Waals surface area contributed by atoms with Gasteiger partial charge in [0, 0.05) is 36.2 Å². The molecular weight excluding hydrogens is 336 g/mol. The summed E-state index contributed by atoms with van der Waals surface area (Å²) in [5.74, 6) is 0.377. The number of hydrogen-bond donors (Lipinski definition) is 0. The van der Waals surface area contributed by atoms with Crippen molar-refractivity contribution in [3.63, 3.8) is 0 Å². The fourth-order valence-electron chi connectivity index (χ4n) is 3.53. The molecule has 0 N–H and O–H groups in total. The number of para-hydroxylation sites is 1. The summed E-state index contributed by atoms with van der Waals surface area (Å²) < 4.78 is 1.92. The first-order valence-corrected chi connectivity index (χ1v) is 9.30. The highest BCUT2D eigenvalue weighted by molar-refractivity contribution is 5.94. The molecule has 0 saturated carbocycles. The number of carbonyl (C=O) groups excluding carboxylic acids is 1. The maximum Gasteiger partial charge on any atom is 0.249 e. The predicted octanol–water partition coefficient (Wildman–Crippen LogP) is 4.01. The number of hydrogen-bond acceptors (Lipinski definition) is 3. The first-order valence-electron chi connectivity index (χ1n) is 9.30. The number of likely N-dealkylation sites (tertiary alicyclic amines) is 1.